The number of nitrogens with one attached hydrogen (secondary N) is 1. The third kappa shape index (κ3) is 2.77. The van der Waals surface area contributed by atoms with Gasteiger partial charge in [0.05, 0.1) is 0 Å². The van der Waals surface area contributed by atoms with Gasteiger partial charge in [-0.25, -0.2) is 0 Å². The standard InChI is InChI=1S/C12H15ClN2O2/c13-10-4-2-1-3-9(10)11(12(16)17)15-7-5-14-6-8-15/h1-4,11,14H,5-8H2,(H,16,17). The topological polar surface area (TPSA) is 52.6 Å². The third-order valence-corrected chi connectivity index (χ3v) is 3.29. The highest BCUT2D eigenvalue weighted by Gasteiger charge is 2.29. The monoisotopic (exact) mass is 254 g/mol. The van der Waals surface area contributed by atoms with E-state index in [-0.39, 0.29) is 0 Å². The minimum Gasteiger partial charge on any atom is -0.480 e. The Bertz CT molecular complexity index is 405. The van der Waals surface area contributed by atoms with E-state index in [9.17, 15) is 9.90 Å². The number of aliphatic carboxylic acids is 1. The van der Waals surface area contributed by atoms with Crippen LogP contribution in [-0.2, 0) is 4.79 Å². The fraction of sp³-hybridized carbons (Fsp3) is 0.417. The fourth-order valence-corrected chi connectivity index (χ4v) is 2.36. The van der Waals surface area contributed by atoms with Crippen LogP contribution in [0.1, 0.15) is 11.6 Å². The summed E-state index contributed by atoms with van der Waals surface area (Å²) < 4.78 is 0. The second-order valence-electron chi connectivity index (χ2n) is 4.05. The predicted molar refractivity (Wildman–Crippen MR) is 66.3 cm³/mol. The molecule has 1 fully saturated rings. The van der Waals surface area contributed by atoms with Gasteiger partial charge in [0.25, 0.3) is 0 Å². The molecule has 1 aromatic rings. The van der Waals surface area contributed by atoms with E-state index in [4.69, 9.17) is 11.6 Å². The Hall–Kier alpha value is -1.10. The van der Waals surface area contributed by atoms with Gasteiger partial charge in [-0.15, -0.1) is 0 Å². The van der Waals surface area contributed by atoms with Crippen molar-refractivity contribution in [2.75, 3.05) is 26.2 Å². The number of carbonyl (C=O) groups is 1. The van der Waals surface area contributed by atoms with Gasteiger partial charge in [-0.3, -0.25) is 9.69 Å². The van der Waals surface area contributed by atoms with Crippen molar-refractivity contribution >= 4 is 17.6 Å². The van der Waals surface area contributed by atoms with Crippen molar-refractivity contribution in [3.8, 4) is 0 Å². The van der Waals surface area contributed by atoms with Crippen molar-refractivity contribution in [3.63, 3.8) is 0 Å². The number of hydrogen-bond donors (Lipinski definition) is 2. The molecule has 0 aromatic heterocycles. The van der Waals surface area contributed by atoms with Crippen molar-refractivity contribution in [2.45, 2.75) is 6.04 Å². The Morgan fingerprint density at radius 2 is 2.00 bits per heavy atom. The third-order valence-electron chi connectivity index (χ3n) is 2.95. The molecule has 2 rings (SSSR count). The molecule has 0 amide bonds. The van der Waals surface area contributed by atoms with E-state index in [2.05, 4.69) is 5.32 Å². The highest BCUT2D eigenvalue weighted by molar-refractivity contribution is 6.31. The van der Waals surface area contributed by atoms with E-state index in [1.165, 1.54) is 0 Å². The molecule has 1 saturated heterocycles. The van der Waals surface area contributed by atoms with Gasteiger partial charge in [-0.1, -0.05) is 29.8 Å². The first-order valence-electron chi connectivity index (χ1n) is 5.62. The average molecular weight is 255 g/mol. The Morgan fingerprint density at radius 1 is 1.35 bits per heavy atom. The SMILES string of the molecule is O=C(O)C(c1ccccc1Cl)N1CCNCC1. The second-order valence-corrected chi connectivity index (χ2v) is 4.46. The molecule has 0 spiro atoms. The number of nitrogens with zero attached hydrogens (tertiary/aromatic N) is 1. The van der Waals surface area contributed by atoms with Gasteiger partial charge in [0.1, 0.15) is 6.04 Å². The first-order chi connectivity index (χ1) is 8.20. The Kier molecular flexibility index (Phi) is 3.99. The molecule has 0 bridgehead atoms. The lowest BCUT2D eigenvalue weighted by Gasteiger charge is -2.32. The normalized spacial score (nSPS) is 18.9. The van der Waals surface area contributed by atoms with E-state index >= 15 is 0 Å². The van der Waals surface area contributed by atoms with Gasteiger partial charge in [0.15, 0.2) is 0 Å². The van der Waals surface area contributed by atoms with Crippen LogP contribution in [0.25, 0.3) is 0 Å². The van der Waals surface area contributed by atoms with Crippen molar-refractivity contribution in [2.24, 2.45) is 0 Å². The summed E-state index contributed by atoms with van der Waals surface area (Å²) in [5, 5.41) is 13.1. The summed E-state index contributed by atoms with van der Waals surface area (Å²) in [4.78, 5) is 13.4. The molecule has 1 unspecified atom stereocenters. The summed E-state index contributed by atoms with van der Waals surface area (Å²) >= 11 is 6.08. The molecule has 0 saturated carbocycles. The van der Waals surface area contributed by atoms with Crippen LogP contribution in [0, 0.1) is 0 Å². The molecule has 1 aromatic carbocycles. The van der Waals surface area contributed by atoms with Crippen LogP contribution in [0.2, 0.25) is 5.02 Å². The molecule has 1 atom stereocenters. The molecular weight excluding hydrogens is 240 g/mol. The molecule has 5 heteroatoms. The van der Waals surface area contributed by atoms with Gasteiger partial charge in [0.2, 0.25) is 0 Å². The Labute approximate surface area is 105 Å². The van der Waals surface area contributed by atoms with Crippen LogP contribution in [0.15, 0.2) is 24.3 Å². The Balaban J connectivity index is 2.28. The van der Waals surface area contributed by atoms with Crippen LogP contribution in [0.4, 0.5) is 0 Å². The minimum absolute atomic E-state index is 0.512. The van der Waals surface area contributed by atoms with Crippen LogP contribution in [0.5, 0.6) is 0 Å². The maximum atomic E-state index is 11.4. The quantitative estimate of drug-likeness (QED) is 0.856. The maximum absolute atomic E-state index is 11.4. The Morgan fingerprint density at radius 3 is 2.59 bits per heavy atom. The highest BCUT2D eigenvalue weighted by atomic mass is 35.5. The van der Waals surface area contributed by atoms with Crippen molar-refractivity contribution in [1.29, 1.82) is 0 Å². The molecular formula is C12H15ClN2O2. The van der Waals surface area contributed by atoms with Gasteiger partial charge < -0.3 is 10.4 Å². The van der Waals surface area contributed by atoms with Crippen LogP contribution < -0.4 is 5.32 Å². The lowest BCUT2D eigenvalue weighted by Crippen LogP contribution is -2.47. The fourth-order valence-electron chi connectivity index (χ4n) is 2.12. The first-order valence-corrected chi connectivity index (χ1v) is 6.00. The lowest BCUT2D eigenvalue weighted by atomic mass is 10.0. The van der Waals surface area contributed by atoms with Crippen LogP contribution >= 0.6 is 11.6 Å². The zero-order valence-corrected chi connectivity index (χ0v) is 10.2. The van der Waals surface area contributed by atoms with E-state index in [0.717, 1.165) is 26.2 Å². The first kappa shape index (κ1) is 12.4. The summed E-state index contributed by atoms with van der Waals surface area (Å²) in [6, 6.07) is 6.49. The number of piperazine rings is 1. The molecule has 0 radical (unpaired) electrons. The van der Waals surface area contributed by atoms with E-state index < -0.39 is 12.0 Å². The molecule has 1 aliphatic rings. The summed E-state index contributed by atoms with van der Waals surface area (Å²) in [6.07, 6.45) is 0. The molecule has 17 heavy (non-hydrogen) atoms. The number of carboxylic acids is 1. The molecule has 4 nitrogen and oxygen atoms in total. The zero-order chi connectivity index (χ0) is 12.3. The molecule has 2 N–H and O–H groups in total. The molecule has 92 valence electrons. The van der Waals surface area contributed by atoms with E-state index in [1.807, 2.05) is 17.0 Å². The van der Waals surface area contributed by atoms with E-state index in [1.54, 1.807) is 12.1 Å². The second kappa shape index (κ2) is 5.49. The number of hydrogen-bond acceptors (Lipinski definition) is 3. The van der Waals surface area contributed by atoms with Gasteiger partial charge in [-0.05, 0) is 11.6 Å². The largest absolute Gasteiger partial charge is 0.480 e. The van der Waals surface area contributed by atoms with Crippen molar-refractivity contribution in [1.82, 2.24) is 10.2 Å². The summed E-state index contributed by atoms with van der Waals surface area (Å²) in [6.45, 7) is 3.08. The summed E-state index contributed by atoms with van der Waals surface area (Å²) in [5.74, 6) is -0.847. The highest BCUT2D eigenvalue weighted by Crippen LogP contribution is 2.27. The molecule has 1 aliphatic heterocycles. The summed E-state index contributed by atoms with van der Waals surface area (Å²) in [5.41, 5.74) is 0.670. The molecule has 0 aliphatic carbocycles. The number of halogens is 1. The predicted octanol–water partition coefficient (Wildman–Crippen LogP) is 1.37. The maximum Gasteiger partial charge on any atom is 0.325 e. The van der Waals surface area contributed by atoms with Crippen molar-refractivity contribution < 1.29 is 9.90 Å². The van der Waals surface area contributed by atoms with Gasteiger partial charge >= 0.3 is 5.97 Å². The van der Waals surface area contributed by atoms with Crippen LogP contribution in [-0.4, -0.2) is 42.2 Å². The molecule has 1 heterocycles. The number of carboxylic acid groups (broad SMARTS) is 1. The minimum atomic E-state index is -0.847. The lowest BCUT2D eigenvalue weighted by molar-refractivity contribution is -0.143. The smallest absolute Gasteiger partial charge is 0.325 e. The number of rotatable bonds is 3. The van der Waals surface area contributed by atoms with Crippen LogP contribution in [0.3, 0.4) is 0 Å². The zero-order valence-electron chi connectivity index (χ0n) is 9.40. The van der Waals surface area contributed by atoms with Gasteiger partial charge in [0, 0.05) is 31.2 Å². The van der Waals surface area contributed by atoms with Crippen molar-refractivity contribution in [3.05, 3.63) is 34.9 Å². The number of benzene rings is 1. The summed E-state index contributed by atoms with van der Waals surface area (Å²) in [7, 11) is 0. The van der Waals surface area contributed by atoms with Gasteiger partial charge in [-0.2, -0.15) is 0 Å². The van der Waals surface area contributed by atoms with E-state index in [0.29, 0.717) is 10.6 Å². The average Bonchev–Trinajstić information content (AvgIpc) is 2.33.